The minimum atomic E-state index is -4.76. The first-order valence-electron chi connectivity index (χ1n) is 11.1. The molecule has 1 amide bonds. The number of rotatable bonds is 4. The third kappa shape index (κ3) is 4.66. The van der Waals surface area contributed by atoms with Crippen LogP contribution in [-0.4, -0.2) is 51.8 Å². The maximum atomic E-state index is 12.8. The van der Waals surface area contributed by atoms with Gasteiger partial charge in [0.2, 0.25) is 0 Å². The number of fused-ring (bicyclic) bond motifs is 1. The number of piperidine rings is 1. The Morgan fingerprint density at radius 3 is 2.52 bits per heavy atom. The van der Waals surface area contributed by atoms with Crippen LogP contribution in [0.1, 0.15) is 59.4 Å². The van der Waals surface area contributed by atoms with Crippen molar-refractivity contribution in [3.05, 3.63) is 53.5 Å². The number of halogens is 3. The molecule has 1 atom stereocenters. The van der Waals surface area contributed by atoms with Gasteiger partial charge >= 0.3 is 6.36 Å². The van der Waals surface area contributed by atoms with Gasteiger partial charge in [-0.1, -0.05) is 0 Å². The van der Waals surface area contributed by atoms with Gasteiger partial charge in [-0.3, -0.25) is 4.79 Å². The molecular formula is C23H24F3N5O2. The van der Waals surface area contributed by atoms with Gasteiger partial charge in [-0.25, -0.2) is 9.97 Å². The van der Waals surface area contributed by atoms with E-state index in [1.807, 2.05) is 6.07 Å². The molecular weight excluding hydrogens is 435 g/mol. The van der Waals surface area contributed by atoms with E-state index in [1.165, 1.54) is 12.1 Å². The summed E-state index contributed by atoms with van der Waals surface area (Å²) >= 11 is 0. The number of ether oxygens (including phenoxy) is 1. The molecule has 2 aliphatic heterocycles. The smallest absolute Gasteiger partial charge is 0.406 e. The van der Waals surface area contributed by atoms with Crippen LogP contribution in [0.4, 0.5) is 13.2 Å². The molecule has 2 aliphatic rings. The van der Waals surface area contributed by atoms with Crippen LogP contribution in [-0.2, 0) is 0 Å². The number of amides is 1. The number of likely N-dealkylation sites (tertiary alicyclic amines) is 1. The third-order valence-corrected chi connectivity index (χ3v) is 6.38. The number of nitrogens with one attached hydrogen (secondary N) is 2. The largest absolute Gasteiger partial charge is 0.573 e. The molecule has 2 saturated heterocycles. The predicted molar refractivity (Wildman–Crippen MR) is 115 cm³/mol. The average molecular weight is 459 g/mol. The van der Waals surface area contributed by atoms with Gasteiger partial charge in [0.1, 0.15) is 17.1 Å². The Balaban J connectivity index is 1.25. The van der Waals surface area contributed by atoms with Crippen molar-refractivity contribution in [2.75, 3.05) is 19.6 Å². The lowest BCUT2D eigenvalue weighted by Gasteiger charge is -2.32. The molecule has 3 aromatic rings. The number of nitrogens with zero attached hydrogens (tertiary/aromatic N) is 3. The molecule has 5 rings (SSSR count). The summed E-state index contributed by atoms with van der Waals surface area (Å²) < 4.78 is 40.9. The lowest BCUT2D eigenvalue weighted by Crippen LogP contribution is -2.38. The number of hydrogen-bond acceptors (Lipinski definition) is 5. The fraction of sp³-hybridized carbons (Fsp3) is 0.435. The van der Waals surface area contributed by atoms with Gasteiger partial charge < -0.3 is 19.9 Å². The second kappa shape index (κ2) is 8.66. The SMILES string of the molecule is O=C(c1ccc(OC(F)(F)F)cc1)N1CCC(c2ccnc3[nH]c([C@@H]4CCCN4)nc23)CC1. The zero-order valence-corrected chi connectivity index (χ0v) is 17.9. The number of alkyl halides is 3. The molecule has 7 nitrogen and oxygen atoms in total. The van der Waals surface area contributed by atoms with Gasteiger partial charge in [0.25, 0.3) is 5.91 Å². The van der Waals surface area contributed by atoms with E-state index in [0.29, 0.717) is 18.7 Å². The summed E-state index contributed by atoms with van der Waals surface area (Å²) in [5, 5.41) is 3.45. The highest BCUT2D eigenvalue weighted by Crippen LogP contribution is 2.33. The lowest BCUT2D eigenvalue weighted by molar-refractivity contribution is -0.274. The van der Waals surface area contributed by atoms with Gasteiger partial charge in [0.15, 0.2) is 5.65 Å². The minimum absolute atomic E-state index is 0.193. The Morgan fingerprint density at radius 1 is 1.09 bits per heavy atom. The fourth-order valence-corrected chi connectivity index (χ4v) is 4.74. The molecule has 0 unspecified atom stereocenters. The van der Waals surface area contributed by atoms with Crippen molar-refractivity contribution in [3.63, 3.8) is 0 Å². The van der Waals surface area contributed by atoms with Crippen molar-refractivity contribution in [2.24, 2.45) is 0 Å². The second-order valence-electron chi connectivity index (χ2n) is 8.51. The number of hydrogen-bond donors (Lipinski definition) is 2. The van der Waals surface area contributed by atoms with Crippen LogP contribution in [0.15, 0.2) is 36.5 Å². The predicted octanol–water partition coefficient (Wildman–Crippen LogP) is 4.30. The van der Waals surface area contributed by atoms with Gasteiger partial charge in [-0.15, -0.1) is 13.2 Å². The van der Waals surface area contributed by atoms with E-state index < -0.39 is 6.36 Å². The monoisotopic (exact) mass is 459 g/mol. The third-order valence-electron chi connectivity index (χ3n) is 6.38. The highest BCUT2D eigenvalue weighted by atomic mass is 19.4. The van der Waals surface area contributed by atoms with Gasteiger partial charge in [-0.2, -0.15) is 0 Å². The van der Waals surface area contributed by atoms with Crippen molar-refractivity contribution < 1.29 is 22.7 Å². The van der Waals surface area contributed by atoms with Crippen LogP contribution in [0, 0.1) is 0 Å². The number of pyridine rings is 1. The number of aromatic nitrogens is 3. The molecule has 2 N–H and O–H groups in total. The number of benzene rings is 1. The van der Waals surface area contributed by atoms with Gasteiger partial charge in [0.05, 0.1) is 6.04 Å². The van der Waals surface area contributed by atoms with Gasteiger partial charge in [-0.05, 0) is 74.0 Å². The summed E-state index contributed by atoms with van der Waals surface area (Å²) in [5.74, 6) is 0.648. The topological polar surface area (TPSA) is 83.1 Å². The zero-order chi connectivity index (χ0) is 23.0. The Morgan fingerprint density at radius 2 is 1.85 bits per heavy atom. The second-order valence-corrected chi connectivity index (χ2v) is 8.51. The molecule has 0 saturated carbocycles. The van der Waals surface area contributed by atoms with Gasteiger partial charge in [0, 0.05) is 24.8 Å². The highest BCUT2D eigenvalue weighted by Gasteiger charge is 2.31. The van der Waals surface area contributed by atoms with Crippen LogP contribution in [0.25, 0.3) is 11.2 Å². The fourth-order valence-electron chi connectivity index (χ4n) is 4.74. The van der Waals surface area contributed by atoms with Crippen molar-refractivity contribution in [3.8, 4) is 5.75 Å². The molecule has 10 heteroatoms. The highest BCUT2D eigenvalue weighted by molar-refractivity contribution is 5.94. The first-order chi connectivity index (χ1) is 15.9. The first-order valence-corrected chi connectivity index (χ1v) is 11.1. The number of carbonyl (C=O) groups is 1. The molecule has 4 heterocycles. The first kappa shape index (κ1) is 21.7. The quantitative estimate of drug-likeness (QED) is 0.608. The molecule has 0 aliphatic carbocycles. The number of H-pyrrole nitrogens is 1. The lowest BCUT2D eigenvalue weighted by atomic mass is 9.89. The van der Waals surface area contributed by atoms with Crippen LogP contribution in [0.5, 0.6) is 5.75 Å². The van der Waals surface area contributed by atoms with Crippen LogP contribution >= 0.6 is 0 Å². The number of aromatic amines is 1. The summed E-state index contributed by atoms with van der Waals surface area (Å²) in [6, 6.07) is 7.30. The Bertz CT molecular complexity index is 1130. The van der Waals surface area contributed by atoms with E-state index in [2.05, 4.69) is 20.0 Å². The van der Waals surface area contributed by atoms with Crippen molar-refractivity contribution >= 4 is 17.1 Å². The average Bonchev–Trinajstić information content (AvgIpc) is 3.48. The minimum Gasteiger partial charge on any atom is -0.406 e. The molecule has 174 valence electrons. The summed E-state index contributed by atoms with van der Waals surface area (Å²) in [7, 11) is 0. The summed E-state index contributed by atoms with van der Waals surface area (Å²) in [5.41, 5.74) is 3.17. The normalized spacial score (nSPS) is 19.8. The molecule has 33 heavy (non-hydrogen) atoms. The van der Waals surface area contributed by atoms with Crippen LogP contribution < -0.4 is 10.1 Å². The van der Waals surface area contributed by atoms with E-state index in [-0.39, 0.29) is 23.6 Å². The van der Waals surface area contributed by atoms with E-state index >= 15 is 0 Å². The van der Waals surface area contributed by atoms with Crippen LogP contribution in [0.3, 0.4) is 0 Å². The standard InChI is InChI=1S/C23H24F3N5O2/c24-23(25,26)33-16-5-3-15(4-6-16)22(32)31-12-8-14(9-13-31)17-7-11-28-21-19(17)29-20(30-21)18-2-1-10-27-18/h3-7,11,14,18,27H,1-2,8-10,12-13H2,(H,28,29,30)/t18-/m0/s1. The van der Waals surface area contributed by atoms with Crippen LogP contribution in [0.2, 0.25) is 0 Å². The number of carbonyl (C=O) groups excluding carboxylic acids is 1. The molecule has 1 aromatic carbocycles. The maximum absolute atomic E-state index is 12.8. The Hall–Kier alpha value is -3.14. The Kier molecular flexibility index (Phi) is 5.69. The zero-order valence-electron chi connectivity index (χ0n) is 17.9. The molecule has 2 fully saturated rings. The van der Waals surface area contributed by atoms with E-state index in [9.17, 15) is 18.0 Å². The van der Waals surface area contributed by atoms with E-state index in [1.54, 1.807) is 11.1 Å². The van der Waals surface area contributed by atoms with Crippen molar-refractivity contribution in [1.82, 2.24) is 25.2 Å². The molecule has 0 radical (unpaired) electrons. The summed E-state index contributed by atoms with van der Waals surface area (Å²) in [4.78, 5) is 27.2. The summed E-state index contributed by atoms with van der Waals surface area (Å²) in [6.45, 7) is 2.12. The molecule has 0 spiro atoms. The molecule has 0 bridgehead atoms. The number of imidazole rings is 1. The van der Waals surface area contributed by atoms with Crippen molar-refractivity contribution in [1.29, 1.82) is 0 Å². The molecule has 2 aromatic heterocycles. The van der Waals surface area contributed by atoms with Crippen molar-refractivity contribution in [2.45, 2.75) is 44.0 Å². The Labute approximate surface area is 188 Å². The van der Waals surface area contributed by atoms with E-state index in [4.69, 9.17) is 4.98 Å². The van der Waals surface area contributed by atoms with E-state index in [0.717, 1.165) is 66.9 Å². The maximum Gasteiger partial charge on any atom is 0.573 e. The summed E-state index contributed by atoms with van der Waals surface area (Å²) in [6.07, 6.45) is 0.789.